The summed E-state index contributed by atoms with van der Waals surface area (Å²) < 4.78 is 5.48. The molecule has 0 saturated carbocycles. The summed E-state index contributed by atoms with van der Waals surface area (Å²) in [6, 6.07) is 11.6. The molecule has 4 rings (SSSR count). The highest BCUT2D eigenvalue weighted by molar-refractivity contribution is 7.10. The van der Waals surface area contributed by atoms with E-state index >= 15 is 0 Å². The summed E-state index contributed by atoms with van der Waals surface area (Å²) in [6.45, 7) is 3.70. The second kappa shape index (κ2) is 8.87. The van der Waals surface area contributed by atoms with Gasteiger partial charge < -0.3 is 10.1 Å². The van der Waals surface area contributed by atoms with Gasteiger partial charge in [0, 0.05) is 35.1 Å². The first-order valence-corrected chi connectivity index (χ1v) is 10.4. The number of ether oxygens (including phenoxy) is 1. The lowest BCUT2D eigenvalue weighted by Gasteiger charge is -2.34. The number of hydrogen-bond acceptors (Lipinski definition) is 5. The van der Waals surface area contributed by atoms with Crippen LogP contribution < -0.4 is 5.32 Å². The lowest BCUT2D eigenvalue weighted by atomic mass is 10.1. The van der Waals surface area contributed by atoms with Gasteiger partial charge in [-0.15, -0.1) is 11.3 Å². The fourth-order valence-electron chi connectivity index (χ4n) is 3.36. The third-order valence-electron chi connectivity index (χ3n) is 4.83. The highest BCUT2D eigenvalue weighted by Crippen LogP contribution is 2.26. The summed E-state index contributed by atoms with van der Waals surface area (Å²) in [5.74, 6) is -0.145. The number of carbonyl (C=O) groups excluding carboxylic acids is 1. The largest absolute Gasteiger partial charge is 0.379 e. The minimum absolute atomic E-state index is 0.138. The Hall–Kier alpha value is -2.19. The number of aromatic amines is 1. The fourth-order valence-corrected chi connectivity index (χ4v) is 4.35. The molecular formula is C20H21ClN4O2S. The van der Waals surface area contributed by atoms with Crippen molar-refractivity contribution in [3.05, 3.63) is 63.4 Å². The van der Waals surface area contributed by atoms with Crippen LogP contribution in [0.25, 0.3) is 11.3 Å². The molecule has 0 radical (unpaired) electrons. The lowest BCUT2D eigenvalue weighted by molar-refractivity contribution is 0.0169. The molecule has 3 heterocycles. The van der Waals surface area contributed by atoms with E-state index in [1.165, 1.54) is 4.88 Å². The molecular weight excluding hydrogens is 396 g/mol. The van der Waals surface area contributed by atoms with Crippen molar-refractivity contribution in [2.45, 2.75) is 6.04 Å². The topological polar surface area (TPSA) is 70.2 Å². The molecule has 2 N–H and O–H groups in total. The SMILES string of the molecule is O=C(NC[C@H](c1cccs1)N1CCOCC1)c1cn[nH]c1-c1ccc(Cl)cc1. The Morgan fingerprint density at radius 2 is 2.07 bits per heavy atom. The van der Waals surface area contributed by atoms with Crippen LogP contribution in [0, 0.1) is 0 Å². The van der Waals surface area contributed by atoms with Gasteiger partial charge in [0.15, 0.2) is 0 Å². The molecule has 0 unspecified atom stereocenters. The number of benzene rings is 1. The van der Waals surface area contributed by atoms with E-state index in [1.54, 1.807) is 29.7 Å². The van der Waals surface area contributed by atoms with Gasteiger partial charge in [-0.2, -0.15) is 5.10 Å². The predicted molar refractivity (Wildman–Crippen MR) is 111 cm³/mol. The molecule has 1 saturated heterocycles. The molecule has 6 nitrogen and oxygen atoms in total. The minimum atomic E-state index is -0.145. The first-order chi connectivity index (χ1) is 13.7. The third-order valence-corrected chi connectivity index (χ3v) is 6.06. The predicted octanol–water partition coefficient (Wildman–Crippen LogP) is 3.59. The standard InChI is InChI=1S/C20H21ClN4O2S/c21-15-5-3-14(4-6-15)19-16(12-23-24-19)20(26)22-13-17(18-2-1-11-28-18)25-7-9-27-10-8-25/h1-6,11-12,17H,7-10,13H2,(H,22,26)(H,23,24)/t17-/m1/s1. The fraction of sp³-hybridized carbons (Fsp3) is 0.300. The molecule has 3 aromatic rings. The first kappa shape index (κ1) is 19.1. The van der Waals surface area contributed by atoms with E-state index in [9.17, 15) is 4.79 Å². The van der Waals surface area contributed by atoms with E-state index < -0.39 is 0 Å². The Balaban J connectivity index is 1.48. The van der Waals surface area contributed by atoms with E-state index in [1.807, 2.05) is 18.2 Å². The van der Waals surface area contributed by atoms with Crippen molar-refractivity contribution >= 4 is 28.8 Å². The van der Waals surface area contributed by atoms with Crippen LogP contribution in [0.3, 0.4) is 0 Å². The monoisotopic (exact) mass is 416 g/mol. The molecule has 8 heteroatoms. The number of halogens is 1. The number of nitrogens with zero attached hydrogens (tertiary/aromatic N) is 2. The van der Waals surface area contributed by atoms with Crippen LogP contribution in [-0.4, -0.2) is 53.9 Å². The molecule has 0 spiro atoms. The lowest BCUT2D eigenvalue weighted by Crippen LogP contribution is -2.43. The first-order valence-electron chi connectivity index (χ1n) is 9.15. The highest BCUT2D eigenvalue weighted by atomic mass is 35.5. The number of amides is 1. The van der Waals surface area contributed by atoms with Crippen molar-refractivity contribution in [3.63, 3.8) is 0 Å². The summed E-state index contributed by atoms with van der Waals surface area (Å²) in [6.07, 6.45) is 1.56. The number of rotatable bonds is 6. The van der Waals surface area contributed by atoms with Gasteiger partial charge in [-0.05, 0) is 23.6 Å². The zero-order valence-corrected chi connectivity index (χ0v) is 16.8. The summed E-state index contributed by atoms with van der Waals surface area (Å²) in [5.41, 5.74) is 2.08. The molecule has 1 aliphatic rings. The van der Waals surface area contributed by atoms with E-state index in [-0.39, 0.29) is 11.9 Å². The molecule has 28 heavy (non-hydrogen) atoms. The normalized spacial score (nSPS) is 16.0. The van der Waals surface area contributed by atoms with Crippen LogP contribution >= 0.6 is 22.9 Å². The van der Waals surface area contributed by atoms with Gasteiger partial charge in [0.25, 0.3) is 5.91 Å². The van der Waals surface area contributed by atoms with Crippen molar-refractivity contribution in [3.8, 4) is 11.3 Å². The van der Waals surface area contributed by atoms with Gasteiger partial charge in [0.2, 0.25) is 0 Å². The van der Waals surface area contributed by atoms with E-state index in [2.05, 4.69) is 31.9 Å². The summed E-state index contributed by atoms with van der Waals surface area (Å²) in [4.78, 5) is 16.5. The average molecular weight is 417 g/mol. The average Bonchev–Trinajstić information content (AvgIpc) is 3.42. The van der Waals surface area contributed by atoms with Gasteiger partial charge in [0.05, 0.1) is 36.7 Å². The van der Waals surface area contributed by atoms with Crippen LogP contribution in [0.4, 0.5) is 0 Å². The van der Waals surface area contributed by atoms with E-state index in [4.69, 9.17) is 16.3 Å². The number of H-pyrrole nitrogens is 1. The number of thiophene rings is 1. The molecule has 146 valence electrons. The number of morpholine rings is 1. The second-order valence-corrected chi connectivity index (χ2v) is 7.97. The molecule has 0 bridgehead atoms. The Morgan fingerprint density at radius 1 is 1.29 bits per heavy atom. The smallest absolute Gasteiger partial charge is 0.255 e. The van der Waals surface area contributed by atoms with Crippen LogP contribution in [0.5, 0.6) is 0 Å². The highest BCUT2D eigenvalue weighted by Gasteiger charge is 2.25. The van der Waals surface area contributed by atoms with Gasteiger partial charge in [-0.25, -0.2) is 0 Å². The third kappa shape index (κ3) is 4.28. The van der Waals surface area contributed by atoms with E-state index in [0.717, 1.165) is 31.9 Å². The van der Waals surface area contributed by atoms with Gasteiger partial charge in [-0.3, -0.25) is 14.8 Å². The molecule has 2 aromatic heterocycles. The van der Waals surface area contributed by atoms with Gasteiger partial charge in [-0.1, -0.05) is 29.8 Å². The molecule has 1 aromatic carbocycles. The molecule has 1 aliphatic heterocycles. The second-order valence-electron chi connectivity index (χ2n) is 6.56. The maximum Gasteiger partial charge on any atom is 0.255 e. The Morgan fingerprint density at radius 3 is 2.79 bits per heavy atom. The van der Waals surface area contributed by atoms with E-state index in [0.29, 0.717) is 22.8 Å². The Bertz CT molecular complexity index is 905. The summed E-state index contributed by atoms with van der Waals surface area (Å²) in [5, 5.41) is 12.8. The number of hydrogen-bond donors (Lipinski definition) is 2. The molecule has 1 fully saturated rings. The van der Waals surface area contributed by atoms with Gasteiger partial charge >= 0.3 is 0 Å². The van der Waals surface area contributed by atoms with Gasteiger partial charge in [0.1, 0.15) is 0 Å². The number of nitrogens with one attached hydrogen (secondary N) is 2. The van der Waals surface area contributed by atoms with Crippen molar-refractivity contribution in [2.75, 3.05) is 32.8 Å². The summed E-state index contributed by atoms with van der Waals surface area (Å²) >= 11 is 7.68. The maximum absolute atomic E-state index is 12.9. The van der Waals surface area contributed by atoms with Crippen molar-refractivity contribution in [2.24, 2.45) is 0 Å². The number of aromatic nitrogens is 2. The van der Waals surface area contributed by atoms with Crippen LogP contribution in [0.1, 0.15) is 21.3 Å². The Labute approximate surface area is 172 Å². The summed E-state index contributed by atoms with van der Waals surface area (Å²) in [7, 11) is 0. The van der Waals surface area contributed by atoms with Crippen molar-refractivity contribution in [1.82, 2.24) is 20.4 Å². The van der Waals surface area contributed by atoms with Crippen LogP contribution in [-0.2, 0) is 4.74 Å². The van der Waals surface area contributed by atoms with Crippen molar-refractivity contribution in [1.29, 1.82) is 0 Å². The number of carbonyl (C=O) groups is 1. The Kier molecular flexibility index (Phi) is 6.07. The quantitative estimate of drug-likeness (QED) is 0.644. The molecule has 0 aliphatic carbocycles. The molecule has 1 amide bonds. The minimum Gasteiger partial charge on any atom is -0.379 e. The zero-order valence-electron chi connectivity index (χ0n) is 15.2. The maximum atomic E-state index is 12.9. The molecule has 1 atom stereocenters. The van der Waals surface area contributed by atoms with Crippen LogP contribution in [0.2, 0.25) is 5.02 Å². The van der Waals surface area contributed by atoms with Crippen LogP contribution in [0.15, 0.2) is 48.0 Å². The zero-order chi connectivity index (χ0) is 19.3. The van der Waals surface area contributed by atoms with Crippen molar-refractivity contribution < 1.29 is 9.53 Å².